The zero-order valence-electron chi connectivity index (χ0n) is 8.41. The van der Waals surface area contributed by atoms with Crippen molar-refractivity contribution in [2.75, 3.05) is 26.2 Å². The number of carbonyl (C=O) groups excluding carboxylic acids is 1. The monoisotopic (exact) mass is 214 g/mol. The van der Waals surface area contributed by atoms with E-state index in [1.165, 1.54) is 12.8 Å². The van der Waals surface area contributed by atoms with Crippen molar-refractivity contribution in [2.45, 2.75) is 24.5 Å². The number of nitrogens with zero attached hydrogens (tertiary/aromatic N) is 1. The minimum absolute atomic E-state index is 0.268. The fraction of sp³-hybridized carbons (Fsp3) is 0.900. The summed E-state index contributed by atoms with van der Waals surface area (Å²) >= 11 is 4.35. The Kier molecular flexibility index (Phi) is 3.34. The smallest absolute Gasteiger partial charge is 0.223 e. The van der Waals surface area contributed by atoms with E-state index in [4.69, 9.17) is 0 Å². The molecule has 2 fully saturated rings. The van der Waals surface area contributed by atoms with Gasteiger partial charge in [0.2, 0.25) is 5.91 Å². The molecule has 1 atom stereocenters. The minimum Gasteiger partial charge on any atom is -0.341 e. The van der Waals surface area contributed by atoms with E-state index >= 15 is 0 Å². The molecule has 14 heavy (non-hydrogen) atoms. The highest BCUT2D eigenvalue weighted by atomic mass is 32.1. The molecule has 0 aromatic heterocycles. The first-order valence-corrected chi connectivity index (χ1v) is 5.94. The average molecular weight is 214 g/mol. The van der Waals surface area contributed by atoms with Crippen molar-refractivity contribution in [3.8, 4) is 0 Å². The second-order valence-electron chi connectivity index (χ2n) is 4.35. The molecule has 0 radical (unpaired) electrons. The second-order valence-corrected chi connectivity index (χ2v) is 5.08. The van der Waals surface area contributed by atoms with Gasteiger partial charge in [0.15, 0.2) is 0 Å². The van der Waals surface area contributed by atoms with Crippen LogP contribution >= 0.6 is 12.6 Å². The molecule has 2 heterocycles. The third-order valence-electron chi connectivity index (χ3n) is 3.13. The molecule has 4 heteroatoms. The van der Waals surface area contributed by atoms with Crippen LogP contribution in [0.1, 0.15) is 19.3 Å². The van der Waals surface area contributed by atoms with Crippen LogP contribution in [0, 0.1) is 5.92 Å². The van der Waals surface area contributed by atoms with Crippen LogP contribution in [0.15, 0.2) is 0 Å². The standard InChI is InChI=1S/C10H18N2OS/c13-10-5-9(14)7-12(10)6-8-1-3-11-4-2-8/h8-9,11,14H,1-7H2. The Hall–Kier alpha value is -0.220. The summed E-state index contributed by atoms with van der Waals surface area (Å²) in [7, 11) is 0. The summed E-state index contributed by atoms with van der Waals surface area (Å²) in [5, 5.41) is 3.61. The van der Waals surface area contributed by atoms with Gasteiger partial charge in [0, 0.05) is 24.8 Å². The third kappa shape index (κ3) is 2.42. The highest BCUT2D eigenvalue weighted by Crippen LogP contribution is 2.20. The summed E-state index contributed by atoms with van der Waals surface area (Å²) in [5.41, 5.74) is 0. The number of piperidine rings is 1. The van der Waals surface area contributed by atoms with Crippen LogP contribution in [0.5, 0.6) is 0 Å². The number of carbonyl (C=O) groups is 1. The summed E-state index contributed by atoms with van der Waals surface area (Å²) in [6, 6.07) is 0. The van der Waals surface area contributed by atoms with Crippen molar-refractivity contribution in [3.63, 3.8) is 0 Å². The molecule has 0 spiro atoms. The van der Waals surface area contributed by atoms with Gasteiger partial charge in [0.25, 0.3) is 0 Å². The van der Waals surface area contributed by atoms with Gasteiger partial charge in [-0.2, -0.15) is 12.6 Å². The van der Waals surface area contributed by atoms with E-state index in [9.17, 15) is 4.79 Å². The van der Waals surface area contributed by atoms with Gasteiger partial charge >= 0.3 is 0 Å². The third-order valence-corrected chi connectivity index (χ3v) is 3.48. The molecule has 0 aliphatic carbocycles. The highest BCUT2D eigenvalue weighted by Gasteiger charge is 2.29. The topological polar surface area (TPSA) is 32.3 Å². The minimum atomic E-state index is 0.268. The Bertz CT molecular complexity index is 216. The van der Waals surface area contributed by atoms with Crippen molar-refractivity contribution >= 4 is 18.5 Å². The van der Waals surface area contributed by atoms with Gasteiger partial charge in [0.05, 0.1) is 0 Å². The van der Waals surface area contributed by atoms with Gasteiger partial charge in [-0.15, -0.1) is 0 Å². The molecular weight excluding hydrogens is 196 g/mol. The molecule has 1 amide bonds. The van der Waals surface area contributed by atoms with Crippen molar-refractivity contribution in [1.82, 2.24) is 10.2 Å². The summed E-state index contributed by atoms with van der Waals surface area (Å²) in [6.45, 7) is 4.03. The zero-order valence-corrected chi connectivity index (χ0v) is 9.30. The Morgan fingerprint density at radius 1 is 1.43 bits per heavy atom. The van der Waals surface area contributed by atoms with Crippen LogP contribution in [0.25, 0.3) is 0 Å². The van der Waals surface area contributed by atoms with Crippen molar-refractivity contribution in [3.05, 3.63) is 0 Å². The number of rotatable bonds is 2. The molecule has 2 aliphatic heterocycles. The summed E-state index contributed by atoms with van der Waals surface area (Å²) in [4.78, 5) is 13.5. The molecule has 0 saturated carbocycles. The number of hydrogen-bond donors (Lipinski definition) is 2. The molecule has 2 rings (SSSR count). The van der Waals surface area contributed by atoms with Gasteiger partial charge < -0.3 is 10.2 Å². The van der Waals surface area contributed by atoms with E-state index in [-0.39, 0.29) is 5.25 Å². The number of thiol groups is 1. The fourth-order valence-electron chi connectivity index (χ4n) is 2.30. The lowest BCUT2D eigenvalue weighted by Crippen LogP contribution is -2.37. The molecule has 0 aromatic rings. The van der Waals surface area contributed by atoms with Crippen LogP contribution in [0.4, 0.5) is 0 Å². The van der Waals surface area contributed by atoms with Crippen LogP contribution in [0.3, 0.4) is 0 Å². The SMILES string of the molecule is O=C1CC(S)CN1CC1CCNCC1. The summed E-state index contributed by atoms with van der Waals surface area (Å²) in [6.07, 6.45) is 3.05. The fourth-order valence-corrected chi connectivity index (χ4v) is 2.66. The maximum Gasteiger partial charge on any atom is 0.223 e. The van der Waals surface area contributed by atoms with Gasteiger partial charge in [0.1, 0.15) is 0 Å². The first-order valence-electron chi connectivity index (χ1n) is 5.42. The van der Waals surface area contributed by atoms with Crippen molar-refractivity contribution < 1.29 is 4.79 Å². The lowest BCUT2D eigenvalue weighted by Gasteiger charge is -2.27. The van der Waals surface area contributed by atoms with Gasteiger partial charge in [-0.3, -0.25) is 4.79 Å². The van der Waals surface area contributed by atoms with E-state index in [2.05, 4.69) is 17.9 Å². The molecule has 2 saturated heterocycles. The Morgan fingerprint density at radius 2 is 2.14 bits per heavy atom. The maximum absolute atomic E-state index is 11.5. The largest absolute Gasteiger partial charge is 0.341 e. The predicted octanol–water partition coefficient (Wildman–Crippen LogP) is 0.517. The van der Waals surface area contributed by atoms with Gasteiger partial charge in [-0.1, -0.05) is 0 Å². The molecule has 2 aliphatic rings. The quantitative estimate of drug-likeness (QED) is 0.657. The number of nitrogens with one attached hydrogen (secondary N) is 1. The van der Waals surface area contributed by atoms with E-state index < -0.39 is 0 Å². The molecule has 0 bridgehead atoms. The van der Waals surface area contributed by atoms with Crippen LogP contribution in [-0.2, 0) is 4.79 Å². The lowest BCUT2D eigenvalue weighted by atomic mass is 9.98. The van der Waals surface area contributed by atoms with E-state index in [0.29, 0.717) is 18.2 Å². The average Bonchev–Trinajstić information content (AvgIpc) is 2.47. The second kappa shape index (κ2) is 4.53. The van der Waals surface area contributed by atoms with E-state index in [1.54, 1.807) is 0 Å². The van der Waals surface area contributed by atoms with Gasteiger partial charge in [-0.25, -0.2) is 0 Å². The lowest BCUT2D eigenvalue weighted by molar-refractivity contribution is -0.128. The predicted molar refractivity (Wildman–Crippen MR) is 59.6 cm³/mol. The first-order chi connectivity index (χ1) is 6.75. The molecule has 80 valence electrons. The molecule has 3 nitrogen and oxygen atoms in total. The zero-order chi connectivity index (χ0) is 9.97. The normalized spacial score (nSPS) is 29.9. The van der Waals surface area contributed by atoms with E-state index in [1.807, 2.05) is 4.90 Å². The highest BCUT2D eigenvalue weighted by molar-refractivity contribution is 7.81. The molecular formula is C10H18N2OS. The van der Waals surface area contributed by atoms with E-state index in [0.717, 1.165) is 26.2 Å². The van der Waals surface area contributed by atoms with Crippen LogP contribution < -0.4 is 5.32 Å². The first kappa shape index (κ1) is 10.3. The van der Waals surface area contributed by atoms with Crippen molar-refractivity contribution in [1.29, 1.82) is 0 Å². The van der Waals surface area contributed by atoms with Gasteiger partial charge in [-0.05, 0) is 31.8 Å². The maximum atomic E-state index is 11.5. The molecule has 1 unspecified atom stereocenters. The van der Waals surface area contributed by atoms with Crippen LogP contribution in [0.2, 0.25) is 0 Å². The number of hydrogen-bond acceptors (Lipinski definition) is 3. The molecule has 1 N–H and O–H groups in total. The summed E-state index contributed by atoms with van der Waals surface area (Å²) in [5.74, 6) is 1.00. The number of likely N-dealkylation sites (tertiary alicyclic amines) is 1. The van der Waals surface area contributed by atoms with Crippen molar-refractivity contribution in [2.24, 2.45) is 5.92 Å². The van der Waals surface area contributed by atoms with Crippen LogP contribution in [-0.4, -0.2) is 42.2 Å². The summed E-state index contributed by atoms with van der Waals surface area (Å²) < 4.78 is 0. The number of amides is 1. The Morgan fingerprint density at radius 3 is 2.71 bits per heavy atom. The molecule has 0 aromatic carbocycles. The Balaban J connectivity index is 1.81. The Labute approximate surface area is 90.6 Å².